The van der Waals surface area contributed by atoms with E-state index in [9.17, 15) is 4.79 Å². The number of halogens is 1. The zero-order valence-electron chi connectivity index (χ0n) is 19.3. The number of nitrogens with one attached hydrogen (secondary N) is 1. The average molecular weight is 482 g/mol. The summed E-state index contributed by atoms with van der Waals surface area (Å²) in [6.45, 7) is 6.32. The van der Waals surface area contributed by atoms with Crippen LogP contribution < -0.4 is 14.2 Å². The number of carbonyl (C=O) groups excluding carboxylic acids is 1. The van der Waals surface area contributed by atoms with Gasteiger partial charge in [-0.2, -0.15) is 4.99 Å². The van der Waals surface area contributed by atoms with E-state index in [1.807, 2.05) is 26.0 Å². The van der Waals surface area contributed by atoms with Crippen LogP contribution in [0.4, 0.5) is 0 Å². The van der Waals surface area contributed by atoms with Crippen molar-refractivity contribution in [2.24, 2.45) is 4.99 Å². The summed E-state index contributed by atoms with van der Waals surface area (Å²) in [6, 6.07) is 9.29. The molecule has 0 fully saturated rings. The Kier molecular flexibility index (Phi) is 6.61. The van der Waals surface area contributed by atoms with Crippen LogP contribution in [0.1, 0.15) is 23.6 Å². The van der Waals surface area contributed by atoms with E-state index in [0.717, 1.165) is 11.3 Å². The van der Waals surface area contributed by atoms with Crippen LogP contribution in [-0.2, 0) is 9.63 Å². The second-order valence-electron chi connectivity index (χ2n) is 7.82. The summed E-state index contributed by atoms with van der Waals surface area (Å²) in [4.78, 5) is 21.9. The minimum atomic E-state index is -0.537. The molecular weight excluding hydrogens is 458 g/mol. The van der Waals surface area contributed by atoms with E-state index in [1.165, 1.54) is 23.8 Å². The Labute approximate surface area is 202 Å². The zero-order valence-corrected chi connectivity index (χ0v) is 20.0. The Balaban J connectivity index is 1.48. The predicted molar refractivity (Wildman–Crippen MR) is 130 cm³/mol. The summed E-state index contributed by atoms with van der Waals surface area (Å²) in [6.07, 6.45) is 3.11. The molecule has 2 aliphatic rings. The van der Waals surface area contributed by atoms with Crippen molar-refractivity contribution in [3.8, 4) is 17.2 Å². The van der Waals surface area contributed by atoms with Crippen LogP contribution in [0.5, 0.6) is 17.2 Å². The van der Waals surface area contributed by atoms with Crippen LogP contribution in [0.2, 0.25) is 5.02 Å². The van der Waals surface area contributed by atoms with E-state index < -0.39 is 5.91 Å². The molecular formula is C25H24ClN3O5. The van der Waals surface area contributed by atoms with E-state index in [1.54, 1.807) is 25.1 Å². The molecule has 2 heterocycles. The van der Waals surface area contributed by atoms with E-state index in [2.05, 4.69) is 11.1 Å². The molecule has 0 atom stereocenters. The number of amidine groups is 2. The lowest BCUT2D eigenvalue weighted by Gasteiger charge is -2.23. The van der Waals surface area contributed by atoms with Crippen molar-refractivity contribution in [1.29, 1.82) is 5.41 Å². The lowest BCUT2D eigenvalue weighted by Crippen LogP contribution is -2.38. The van der Waals surface area contributed by atoms with Crippen LogP contribution in [0.3, 0.4) is 0 Å². The van der Waals surface area contributed by atoms with Gasteiger partial charge in [-0.25, -0.2) is 0 Å². The van der Waals surface area contributed by atoms with Crippen LogP contribution >= 0.6 is 11.6 Å². The van der Waals surface area contributed by atoms with Crippen LogP contribution in [0.25, 0.3) is 6.08 Å². The molecule has 1 amide bonds. The summed E-state index contributed by atoms with van der Waals surface area (Å²) in [7, 11) is 1.50. The minimum Gasteiger partial charge on any atom is -0.493 e. The second-order valence-corrected chi connectivity index (χ2v) is 8.23. The van der Waals surface area contributed by atoms with Crippen LogP contribution in [0.15, 0.2) is 52.7 Å². The van der Waals surface area contributed by atoms with Gasteiger partial charge in [0.15, 0.2) is 23.2 Å². The molecule has 2 aliphatic heterocycles. The minimum absolute atomic E-state index is 0.0699. The fourth-order valence-electron chi connectivity index (χ4n) is 3.59. The number of hydrogen-bond acceptors (Lipinski definition) is 6. The van der Waals surface area contributed by atoms with Gasteiger partial charge in [0.25, 0.3) is 5.91 Å². The highest BCUT2D eigenvalue weighted by molar-refractivity contribution is 6.33. The Morgan fingerprint density at radius 3 is 2.62 bits per heavy atom. The third-order valence-electron chi connectivity index (χ3n) is 5.16. The third kappa shape index (κ3) is 4.77. The van der Waals surface area contributed by atoms with Gasteiger partial charge in [0, 0.05) is 6.08 Å². The number of methoxy groups -OCH3 is 1. The summed E-state index contributed by atoms with van der Waals surface area (Å²) < 4.78 is 17.1. The molecule has 1 N–H and O–H groups in total. The first-order chi connectivity index (χ1) is 16.3. The maximum absolute atomic E-state index is 12.5. The van der Waals surface area contributed by atoms with Gasteiger partial charge in [-0.3, -0.25) is 10.2 Å². The number of amides is 1. The maximum atomic E-state index is 12.5. The molecule has 2 aromatic rings. The highest BCUT2D eigenvalue weighted by atomic mass is 35.5. The number of benzene rings is 2. The number of fused-ring (bicyclic) bond motifs is 1. The molecule has 4 rings (SSSR count). The van der Waals surface area contributed by atoms with Crippen LogP contribution in [0, 0.1) is 19.3 Å². The zero-order chi connectivity index (χ0) is 24.4. The van der Waals surface area contributed by atoms with E-state index in [4.69, 9.17) is 36.1 Å². The number of aliphatic imine (C=N–C) groups is 1. The van der Waals surface area contributed by atoms with E-state index in [-0.39, 0.29) is 23.9 Å². The van der Waals surface area contributed by atoms with Gasteiger partial charge in [-0.1, -0.05) is 29.3 Å². The molecule has 0 saturated heterocycles. The first-order valence-electron chi connectivity index (χ1n) is 10.6. The van der Waals surface area contributed by atoms with Gasteiger partial charge in [-0.05, 0) is 56.2 Å². The molecule has 0 saturated carbocycles. The summed E-state index contributed by atoms with van der Waals surface area (Å²) in [5.74, 6) is 1.74. The van der Waals surface area contributed by atoms with Gasteiger partial charge in [0.05, 0.1) is 17.7 Å². The van der Waals surface area contributed by atoms with Gasteiger partial charge in [0.1, 0.15) is 24.7 Å². The number of ether oxygens (including phenoxy) is 3. The topological polar surface area (TPSA) is 93.4 Å². The first-order valence-corrected chi connectivity index (χ1v) is 10.9. The third-order valence-corrected chi connectivity index (χ3v) is 5.44. The molecule has 9 heteroatoms. The summed E-state index contributed by atoms with van der Waals surface area (Å²) >= 11 is 6.47. The monoisotopic (exact) mass is 481 g/mol. The lowest BCUT2D eigenvalue weighted by atomic mass is 10.1. The Morgan fingerprint density at radius 1 is 1.12 bits per heavy atom. The van der Waals surface area contributed by atoms with Crippen molar-refractivity contribution < 1.29 is 23.8 Å². The molecule has 0 aliphatic carbocycles. The van der Waals surface area contributed by atoms with Crippen molar-refractivity contribution in [2.75, 3.05) is 20.3 Å². The highest BCUT2D eigenvalue weighted by Gasteiger charge is 2.34. The Morgan fingerprint density at radius 2 is 1.88 bits per heavy atom. The number of aryl methyl sites for hydroxylation is 2. The van der Waals surface area contributed by atoms with Crippen molar-refractivity contribution in [3.05, 3.63) is 69.5 Å². The van der Waals surface area contributed by atoms with E-state index in [0.29, 0.717) is 34.5 Å². The molecule has 0 radical (unpaired) electrons. The molecule has 8 nitrogen and oxygen atoms in total. The number of hydrogen-bond donors (Lipinski definition) is 1. The smallest absolute Gasteiger partial charge is 0.282 e. The lowest BCUT2D eigenvalue weighted by molar-refractivity contribution is -0.114. The first kappa shape index (κ1) is 23.4. The molecule has 2 aromatic carbocycles. The number of hydroxylamine groups is 2. The standard InChI is InChI=1S/C25H24ClN3O5/c1-14-5-6-20(15(2)9-14)32-7-8-33-23-19(26)12-17(13-21(23)31-4)11-18-24(27)29-22(28-25(18)30)10-16(3)34-29/h5-6,9-13,27H,7-8H2,1-4H3/b18-11-,27-24?. The molecule has 0 spiro atoms. The highest BCUT2D eigenvalue weighted by Crippen LogP contribution is 2.37. The molecule has 0 aromatic heterocycles. The average Bonchev–Trinajstić information content (AvgIpc) is 3.16. The van der Waals surface area contributed by atoms with E-state index >= 15 is 0 Å². The molecule has 0 bridgehead atoms. The fourth-order valence-corrected chi connectivity index (χ4v) is 3.86. The number of rotatable bonds is 7. The number of allylic oxidation sites excluding steroid dienone is 1. The largest absolute Gasteiger partial charge is 0.493 e. The summed E-state index contributed by atoms with van der Waals surface area (Å²) in [5.41, 5.74) is 2.85. The van der Waals surface area contributed by atoms with Crippen molar-refractivity contribution in [1.82, 2.24) is 5.06 Å². The Bertz CT molecular complexity index is 1270. The van der Waals surface area contributed by atoms with Crippen LogP contribution in [-0.4, -0.2) is 43.0 Å². The fraction of sp³-hybridized carbons (Fsp3) is 0.240. The quantitative estimate of drug-likeness (QED) is 0.447. The summed E-state index contributed by atoms with van der Waals surface area (Å²) in [5, 5.41) is 9.84. The van der Waals surface area contributed by atoms with Gasteiger partial charge in [0.2, 0.25) is 0 Å². The number of nitrogens with zero attached hydrogens (tertiary/aromatic N) is 2. The normalized spacial score (nSPS) is 16.1. The molecule has 176 valence electrons. The maximum Gasteiger partial charge on any atom is 0.282 e. The van der Waals surface area contributed by atoms with Gasteiger partial charge in [-0.15, -0.1) is 5.06 Å². The molecule has 0 unspecified atom stereocenters. The predicted octanol–water partition coefficient (Wildman–Crippen LogP) is 4.87. The van der Waals surface area contributed by atoms with Gasteiger partial charge >= 0.3 is 0 Å². The Hall–Kier alpha value is -3.78. The van der Waals surface area contributed by atoms with Gasteiger partial charge < -0.3 is 19.0 Å². The SMILES string of the molecule is COc1cc(/C=C2/C(=N)N3OC(C)=CC3=NC2=O)cc(Cl)c1OCCOc1ccc(C)cc1C. The van der Waals surface area contributed by atoms with Crippen molar-refractivity contribution >= 4 is 35.3 Å². The molecule has 34 heavy (non-hydrogen) atoms. The van der Waals surface area contributed by atoms with Crippen molar-refractivity contribution in [3.63, 3.8) is 0 Å². The number of carbonyl (C=O) groups is 1. The van der Waals surface area contributed by atoms with Crippen molar-refractivity contribution in [2.45, 2.75) is 20.8 Å². The second kappa shape index (κ2) is 9.61.